The van der Waals surface area contributed by atoms with Crippen molar-refractivity contribution in [3.63, 3.8) is 0 Å². The van der Waals surface area contributed by atoms with Gasteiger partial charge in [-0.3, -0.25) is 4.79 Å². The Morgan fingerprint density at radius 2 is 2.13 bits per heavy atom. The highest BCUT2D eigenvalue weighted by molar-refractivity contribution is 5.85. The van der Waals surface area contributed by atoms with Crippen LogP contribution in [0.1, 0.15) is 18.4 Å². The fraction of sp³-hybridized carbons (Fsp3) is 0.500. The largest absolute Gasteiger partial charge is 0.464 e. The van der Waals surface area contributed by atoms with Crippen molar-refractivity contribution >= 4 is 16.9 Å². The average molecular weight is 315 g/mol. The van der Waals surface area contributed by atoms with E-state index in [1.54, 1.807) is 0 Å². The quantitative estimate of drug-likeness (QED) is 0.822. The Kier molecular flexibility index (Phi) is 4.98. The molecule has 3 N–H and O–H groups in total. The van der Waals surface area contributed by atoms with Crippen molar-refractivity contribution in [1.82, 2.24) is 9.88 Å². The van der Waals surface area contributed by atoms with Gasteiger partial charge in [0.05, 0.1) is 6.61 Å². The molecule has 1 aliphatic heterocycles. The van der Waals surface area contributed by atoms with Crippen LogP contribution < -0.4 is 11.1 Å². The van der Waals surface area contributed by atoms with Crippen LogP contribution in [0.2, 0.25) is 0 Å². The summed E-state index contributed by atoms with van der Waals surface area (Å²) in [4.78, 5) is 12.2. The Balaban J connectivity index is 1.59. The van der Waals surface area contributed by atoms with Gasteiger partial charge in [0.1, 0.15) is 6.04 Å². The zero-order chi connectivity index (χ0) is 16.2. The molecular weight excluding hydrogens is 290 g/mol. The summed E-state index contributed by atoms with van der Waals surface area (Å²) in [7, 11) is 2.01. The Labute approximate surface area is 136 Å². The summed E-state index contributed by atoms with van der Waals surface area (Å²) < 4.78 is 7.50. The van der Waals surface area contributed by atoms with Gasteiger partial charge in [0, 0.05) is 30.6 Å². The number of hydrogen-bond donors (Lipinski definition) is 2. The van der Waals surface area contributed by atoms with Crippen molar-refractivity contribution in [2.75, 3.05) is 19.7 Å². The first-order valence-corrected chi connectivity index (χ1v) is 8.31. The summed E-state index contributed by atoms with van der Waals surface area (Å²) in [5.41, 5.74) is 8.31. The van der Waals surface area contributed by atoms with Crippen molar-refractivity contribution in [1.29, 1.82) is 0 Å². The molecule has 1 aromatic carbocycles. The number of nitrogens with zero attached hydrogens (tertiary/aromatic N) is 1. The first-order valence-electron chi connectivity index (χ1n) is 8.31. The van der Waals surface area contributed by atoms with Crippen LogP contribution >= 0.6 is 0 Å². The predicted molar refractivity (Wildman–Crippen MR) is 91.2 cm³/mol. The van der Waals surface area contributed by atoms with Crippen molar-refractivity contribution in [3.8, 4) is 0 Å². The fourth-order valence-electron chi connectivity index (χ4n) is 3.26. The summed E-state index contributed by atoms with van der Waals surface area (Å²) in [5, 5.41) is 4.46. The molecule has 2 heterocycles. The van der Waals surface area contributed by atoms with Gasteiger partial charge in [-0.1, -0.05) is 18.2 Å². The highest BCUT2D eigenvalue weighted by atomic mass is 16.5. The Morgan fingerprint density at radius 1 is 1.39 bits per heavy atom. The van der Waals surface area contributed by atoms with Crippen molar-refractivity contribution in [2.24, 2.45) is 18.7 Å². The number of carbonyl (C=O) groups is 1. The second kappa shape index (κ2) is 7.15. The van der Waals surface area contributed by atoms with E-state index in [1.807, 2.05) is 25.4 Å². The van der Waals surface area contributed by atoms with Gasteiger partial charge in [0.15, 0.2) is 0 Å². The van der Waals surface area contributed by atoms with Gasteiger partial charge in [-0.25, -0.2) is 0 Å². The number of hydrogen-bond acceptors (Lipinski definition) is 4. The number of benzene rings is 1. The first-order chi connectivity index (χ1) is 11.1. The molecule has 0 aliphatic carbocycles. The van der Waals surface area contributed by atoms with E-state index in [9.17, 15) is 4.79 Å². The monoisotopic (exact) mass is 315 g/mol. The van der Waals surface area contributed by atoms with E-state index in [-0.39, 0.29) is 5.97 Å². The van der Waals surface area contributed by atoms with Gasteiger partial charge in [0.2, 0.25) is 0 Å². The molecule has 1 atom stereocenters. The summed E-state index contributed by atoms with van der Waals surface area (Å²) in [6.45, 7) is 2.50. The van der Waals surface area contributed by atoms with Crippen LogP contribution in [0.25, 0.3) is 10.9 Å². The molecular formula is C18H25N3O2. The number of nitrogens with two attached hydrogens (primary N) is 1. The lowest BCUT2D eigenvalue weighted by Crippen LogP contribution is -2.36. The lowest BCUT2D eigenvalue weighted by molar-refractivity contribution is -0.146. The van der Waals surface area contributed by atoms with Gasteiger partial charge in [-0.2, -0.15) is 0 Å². The Bertz CT molecular complexity index is 674. The van der Waals surface area contributed by atoms with E-state index < -0.39 is 6.04 Å². The average Bonchev–Trinajstić information content (AvgIpc) is 2.90. The van der Waals surface area contributed by atoms with Crippen LogP contribution in [-0.4, -0.2) is 36.3 Å². The molecule has 2 aromatic rings. The third kappa shape index (κ3) is 3.74. The maximum absolute atomic E-state index is 12.2. The summed E-state index contributed by atoms with van der Waals surface area (Å²) in [5.74, 6) is 0.168. The second-order valence-electron chi connectivity index (χ2n) is 6.42. The number of nitrogens with one attached hydrogen (secondary N) is 1. The van der Waals surface area contributed by atoms with Gasteiger partial charge in [-0.15, -0.1) is 0 Å². The Hall–Kier alpha value is -1.85. The predicted octanol–water partition coefficient (Wildman–Crippen LogP) is 1.59. The first kappa shape index (κ1) is 16.0. The van der Waals surface area contributed by atoms with Crippen LogP contribution in [0.5, 0.6) is 0 Å². The fourth-order valence-corrected chi connectivity index (χ4v) is 3.26. The molecule has 124 valence electrons. The molecule has 1 aromatic heterocycles. The third-order valence-corrected chi connectivity index (χ3v) is 4.64. The highest BCUT2D eigenvalue weighted by Crippen LogP contribution is 2.21. The zero-order valence-electron chi connectivity index (χ0n) is 13.6. The van der Waals surface area contributed by atoms with Gasteiger partial charge in [-0.05, 0) is 43.5 Å². The molecule has 0 spiro atoms. The van der Waals surface area contributed by atoms with Crippen LogP contribution in [0.15, 0.2) is 30.5 Å². The number of carbonyl (C=O) groups excluding carboxylic acids is 1. The number of para-hydroxylation sites is 1. The van der Waals surface area contributed by atoms with Crippen LogP contribution in [0.4, 0.5) is 0 Å². The molecule has 1 fully saturated rings. The van der Waals surface area contributed by atoms with Gasteiger partial charge >= 0.3 is 5.97 Å². The molecule has 0 bridgehead atoms. The van der Waals surface area contributed by atoms with E-state index >= 15 is 0 Å². The van der Waals surface area contributed by atoms with Crippen LogP contribution in [-0.2, 0) is 23.0 Å². The lowest BCUT2D eigenvalue weighted by Gasteiger charge is -2.22. The third-order valence-electron chi connectivity index (χ3n) is 4.64. The van der Waals surface area contributed by atoms with E-state index in [0.29, 0.717) is 18.9 Å². The van der Waals surface area contributed by atoms with Crippen LogP contribution in [0, 0.1) is 5.92 Å². The summed E-state index contributed by atoms with van der Waals surface area (Å²) in [6, 6.07) is 7.55. The second-order valence-corrected chi connectivity index (χ2v) is 6.42. The lowest BCUT2D eigenvalue weighted by atomic mass is 9.99. The molecule has 1 unspecified atom stereocenters. The molecule has 0 amide bonds. The maximum Gasteiger partial charge on any atom is 0.323 e. The summed E-state index contributed by atoms with van der Waals surface area (Å²) >= 11 is 0. The minimum absolute atomic E-state index is 0.295. The minimum Gasteiger partial charge on any atom is -0.464 e. The molecule has 1 aliphatic rings. The zero-order valence-corrected chi connectivity index (χ0v) is 13.6. The SMILES string of the molecule is Cn1cc(CC(N)C(=O)OCC2CCNCC2)c2ccccc21. The van der Waals surface area contributed by atoms with E-state index in [2.05, 4.69) is 22.0 Å². The molecule has 5 nitrogen and oxygen atoms in total. The molecule has 1 saturated heterocycles. The van der Waals surface area contributed by atoms with Crippen LogP contribution in [0.3, 0.4) is 0 Å². The Morgan fingerprint density at radius 3 is 2.91 bits per heavy atom. The maximum atomic E-state index is 12.2. The van der Waals surface area contributed by atoms with Gasteiger partial charge in [0.25, 0.3) is 0 Å². The molecule has 3 rings (SSSR count). The number of piperidine rings is 1. The number of aromatic nitrogens is 1. The number of aryl methyl sites for hydroxylation is 1. The normalized spacial score (nSPS) is 17.3. The topological polar surface area (TPSA) is 69.3 Å². The number of rotatable bonds is 5. The van der Waals surface area contributed by atoms with Crippen molar-refractivity contribution < 1.29 is 9.53 Å². The highest BCUT2D eigenvalue weighted by Gasteiger charge is 2.21. The van der Waals surface area contributed by atoms with Gasteiger partial charge < -0.3 is 20.4 Å². The van der Waals surface area contributed by atoms with E-state index in [1.165, 1.54) is 0 Å². The smallest absolute Gasteiger partial charge is 0.323 e. The van der Waals surface area contributed by atoms with Crippen molar-refractivity contribution in [2.45, 2.75) is 25.3 Å². The summed E-state index contributed by atoms with van der Waals surface area (Å²) in [6.07, 6.45) is 4.68. The number of ether oxygens (including phenoxy) is 1. The van der Waals surface area contributed by atoms with Crippen molar-refractivity contribution in [3.05, 3.63) is 36.0 Å². The minimum atomic E-state index is -0.609. The standard InChI is InChI=1S/C18H25N3O2/c1-21-11-14(15-4-2-3-5-17(15)21)10-16(19)18(22)23-12-13-6-8-20-9-7-13/h2-5,11,13,16,20H,6-10,12,19H2,1H3. The molecule has 5 heteroatoms. The number of fused-ring (bicyclic) bond motifs is 1. The molecule has 0 radical (unpaired) electrons. The van der Waals surface area contributed by atoms with E-state index in [4.69, 9.17) is 10.5 Å². The number of esters is 1. The molecule has 0 saturated carbocycles. The van der Waals surface area contributed by atoms with E-state index in [0.717, 1.165) is 42.4 Å². The molecule has 23 heavy (non-hydrogen) atoms.